The van der Waals surface area contributed by atoms with Crippen molar-refractivity contribution in [2.45, 2.75) is 32.1 Å². The fourth-order valence-corrected chi connectivity index (χ4v) is 5.65. The van der Waals surface area contributed by atoms with Crippen LogP contribution >= 0.6 is 11.3 Å². The van der Waals surface area contributed by atoms with Crippen molar-refractivity contribution < 1.29 is 0 Å². The predicted molar refractivity (Wildman–Crippen MR) is 115 cm³/mol. The number of amidine groups is 1. The van der Waals surface area contributed by atoms with Gasteiger partial charge in [-0.2, -0.15) is 0 Å². The van der Waals surface area contributed by atoms with Crippen molar-refractivity contribution in [2.75, 3.05) is 32.6 Å². The second-order valence-electron chi connectivity index (χ2n) is 8.38. The summed E-state index contributed by atoms with van der Waals surface area (Å²) in [5.41, 5.74) is 3.93. The highest BCUT2D eigenvalue weighted by atomic mass is 32.1. The second kappa shape index (κ2) is 5.87. The lowest BCUT2D eigenvalue weighted by Gasteiger charge is -2.32. The molecule has 1 fully saturated rings. The molecule has 2 aromatic heterocycles. The molecule has 2 atom stereocenters. The van der Waals surface area contributed by atoms with Gasteiger partial charge in [0.1, 0.15) is 16.5 Å². The topological polar surface area (TPSA) is 62.5 Å². The fraction of sp³-hybridized carbons (Fsp3) is 0.476. The molecule has 0 amide bonds. The molecule has 0 spiro atoms. The Bertz CT molecular complexity index is 1140. The van der Waals surface area contributed by atoms with Crippen molar-refractivity contribution in [2.24, 2.45) is 10.4 Å². The van der Waals surface area contributed by atoms with Gasteiger partial charge >= 0.3 is 0 Å². The van der Waals surface area contributed by atoms with Gasteiger partial charge in [0.2, 0.25) is 0 Å². The standard InChI is InChI=1S/C21H25N5OS/c1-13-14(2)28-16-15(13)17(27)26-19(23-16)21-9-6-5-8-20(21,12-21)18(24-26)22-10-7-11-25(3)4/h5-6,8-9H,7,10-12H2,1-4H3,(H,22,24). The van der Waals surface area contributed by atoms with Crippen LogP contribution in [0.2, 0.25) is 0 Å². The van der Waals surface area contributed by atoms with Crippen molar-refractivity contribution in [1.82, 2.24) is 14.6 Å². The molecular formula is C21H25N5OS. The maximum Gasteiger partial charge on any atom is 0.281 e. The van der Waals surface area contributed by atoms with Gasteiger partial charge in [-0.3, -0.25) is 15.2 Å². The Balaban J connectivity index is 1.65. The summed E-state index contributed by atoms with van der Waals surface area (Å²) < 4.78 is 1.65. The minimum Gasteiger partial charge on any atom is -0.309 e. The van der Waals surface area contributed by atoms with Crippen LogP contribution in [0.25, 0.3) is 10.2 Å². The number of rotatable bonds is 4. The molecule has 7 heteroatoms. The normalized spacial score (nSPS) is 28.4. The molecule has 3 aliphatic rings. The van der Waals surface area contributed by atoms with Gasteiger partial charge in [0.05, 0.1) is 16.2 Å². The maximum atomic E-state index is 13.4. The Morgan fingerprint density at radius 1 is 1.29 bits per heavy atom. The van der Waals surface area contributed by atoms with E-state index in [4.69, 9.17) is 9.98 Å². The molecule has 5 rings (SSSR count). The molecule has 1 N–H and O–H groups in total. The van der Waals surface area contributed by atoms with Crippen molar-refractivity contribution >= 4 is 27.4 Å². The first-order valence-electron chi connectivity index (χ1n) is 9.77. The van der Waals surface area contributed by atoms with Gasteiger partial charge in [-0.1, -0.05) is 24.3 Å². The Kier molecular flexibility index (Phi) is 3.74. The summed E-state index contributed by atoms with van der Waals surface area (Å²) in [5, 5.41) is 0.727. The molecule has 3 heterocycles. The highest BCUT2D eigenvalue weighted by Crippen LogP contribution is 2.69. The van der Waals surface area contributed by atoms with E-state index in [1.165, 1.54) is 0 Å². The number of nitrogens with one attached hydrogen (secondary N) is 1. The highest BCUT2D eigenvalue weighted by molar-refractivity contribution is 7.18. The number of hydrogen-bond acceptors (Lipinski definition) is 5. The van der Waals surface area contributed by atoms with E-state index in [1.54, 1.807) is 16.0 Å². The summed E-state index contributed by atoms with van der Waals surface area (Å²) in [6.07, 6.45) is 10.5. The van der Waals surface area contributed by atoms with E-state index in [9.17, 15) is 4.79 Å². The van der Waals surface area contributed by atoms with E-state index in [1.807, 2.05) is 6.92 Å². The number of aryl methyl sites for hydroxylation is 2. The summed E-state index contributed by atoms with van der Waals surface area (Å²) in [6.45, 7) is 5.80. The van der Waals surface area contributed by atoms with Crippen molar-refractivity contribution in [3.63, 3.8) is 0 Å². The first-order chi connectivity index (χ1) is 13.4. The van der Waals surface area contributed by atoms with E-state index in [0.717, 1.165) is 58.2 Å². The van der Waals surface area contributed by atoms with Crippen LogP contribution in [0.15, 0.2) is 34.1 Å². The quantitative estimate of drug-likeness (QED) is 0.809. The monoisotopic (exact) mass is 395 g/mol. The molecule has 0 saturated heterocycles. The van der Waals surface area contributed by atoms with Crippen molar-refractivity contribution in [3.05, 3.63) is 50.9 Å². The van der Waals surface area contributed by atoms with E-state index < -0.39 is 0 Å². The minimum absolute atomic E-state index is 0.0133. The van der Waals surface area contributed by atoms with E-state index in [2.05, 4.69) is 55.6 Å². The fourth-order valence-electron chi connectivity index (χ4n) is 4.63. The van der Waals surface area contributed by atoms with Gasteiger partial charge in [-0.25, -0.2) is 9.66 Å². The molecule has 0 radical (unpaired) electrons. The van der Waals surface area contributed by atoms with E-state index in [0.29, 0.717) is 0 Å². The molecule has 0 bridgehead atoms. The van der Waals surface area contributed by atoms with Crippen LogP contribution in [0.5, 0.6) is 0 Å². The van der Waals surface area contributed by atoms with Crippen molar-refractivity contribution in [1.29, 1.82) is 0 Å². The molecule has 2 aliphatic carbocycles. The van der Waals surface area contributed by atoms with Gasteiger partial charge in [0, 0.05) is 11.4 Å². The first kappa shape index (κ1) is 17.8. The maximum absolute atomic E-state index is 13.4. The van der Waals surface area contributed by atoms with Crippen molar-refractivity contribution in [3.8, 4) is 0 Å². The zero-order valence-electron chi connectivity index (χ0n) is 16.7. The predicted octanol–water partition coefficient (Wildman–Crippen LogP) is 2.74. The zero-order valence-corrected chi connectivity index (χ0v) is 17.6. The minimum atomic E-state index is -0.257. The first-order valence-corrected chi connectivity index (χ1v) is 10.6. The zero-order chi connectivity index (χ0) is 19.7. The van der Waals surface area contributed by atoms with E-state index >= 15 is 0 Å². The Hall–Kier alpha value is -2.25. The lowest BCUT2D eigenvalue weighted by atomic mass is 9.85. The lowest BCUT2D eigenvalue weighted by Crippen LogP contribution is -2.48. The van der Waals surface area contributed by atoms with Crippen LogP contribution in [-0.2, 0) is 5.41 Å². The molecule has 2 unspecified atom stereocenters. The number of aromatic nitrogens is 2. The SMILES string of the molecule is Cc1sc2nc3n(c(=O)c2c1C)NC(=NCCCN(C)C)C12C=CC=CC31C2. The molecule has 28 heavy (non-hydrogen) atoms. The summed E-state index contributed by atoms with van der Waals surface area (Å²) >= 11 is 1.61. The van der Waals surface area contributed by atoms with Crippen LogP contribution in [0.1, 0.15) is 29.1 Å². The van der Waals surface area contributed by atoms with Crippen LogP contribution < -0.4 is 11.0 Å². The van der Waals surface area contributed by atoms with Crippen LogP contribution in [0, 0.1) is 19.3 Å². The third-order valence-electron chi connectivity index (χ3n) is 6.38. The summed E-state index contributed by atoms with van der Waals surface area (Å²) in [7, 11) is 4.15. The number of hydrogen-bond donors (Lipinski definition) is 1. The van der Waals surface area contributed by atoms with Gasteiger partial charge in [0.25, 0.3) is 5.56 Å². The Morgan fingerprint density at radius 2 is 2.04 bits per heavy atom. The largest absolute Gasteiger partial charge is 0.309 e. The second-order valence-corrected chi connectivity index (χ2v) is 9.58. The Morgan fingerprint density at radius 3 is 2.79 bits per heavy atom. The van der Waals surface area contributed by atoms with Gasteiger partial charge < -0.3 is 4.90 Å². The lowest BCUT2D eigenvalue weighted by molar-refractivity contribution is 0.403. The van der Waals surface area contributed by atoms with Crippen LogP contribution in [0.4, 0.5) is 0 Å². The number of thiophene rings is 1. The molecule has 0 aromatic carbocycles. The molecule has 146 valence electrons. The molecule has 6 nitrogen and oxygen atoms in total. The third-order valence-corrected chi connectivity index (χ3v) is 7.48. The number of aliphatic imine (C=N–C) groups is 1. The highest BCUT2D eigenvalue weighted by Gasteiger charge is 2.73. The number of allylic oxidation sites excluding steroid dienone is 3. The van der Waals surface area contributed by atoms with Gasteiger partial charge in [-0.15, -0.1) is 11.3 Å². The average Bonchev–Trinajstić information content (AvgIpc) is 3.29. The Labute approximate surface area is 168 Å². The smallest absolute Gasteiger partial charge is 0.281 e. The molecule has 1 aliphatic heterocycles. The van der Waals surface area contributed by atoms with Crippen LogP contribution in [0.3, 0.4) is 0 Å². The number of fused-ring (bicyclic) bond motifs is 2. The molecule has 2 aromatic rings. The summed E-state index contributed by atoms with van der Waals surface area (Å²) in [4.78, 5) is 27.4. The average molecular weight is 396 g/mol. The van der Waals surface area contributed by atoms with Gasteiger partial charge in [-0.05, 0) is 52.9 Å². The van der Waals surface area contributed by atoms with Gasteiger partial charge in [0.15, 0.2) is 0 Å². The number of nitrogens with zero attached hydrogens (tertiary/aromatic N) is 4. The molecule has 1 saturated carbocycles. The summed E-state index contributed by atoms with van der Waals surface area (Å²) in [6, 6.07) is 0. The third kappa shape index (κ3) is 2.20. The molecular weight excluding hydrogens is 370 g/mol. The summed E-state index contributed by atoms with van der Waals surface area (Å²) in [5.74, 6) is 1.71. The van der Waals surface area contributed by atoms with E-state index in [-0.39, 0.29) is 16.4 Å². The van der Waals surface area contributed by atoms with Crippen LogP contribution in [-0.4, -0.2) is 47.6 Å².